The molecule has 8 nitrogen and oxygen atoms in total. The maximum Gasteiger partial charge on any atom is 0.337 e. The zero-order chi connectivity index (χ0) is 35.9. The van der Waals surface area contributed by atoms with Crippen molar-refractivity contribution in [2.45, 2.75) is 97.9 Å². The summed E-state index contributed by atoms with van der Waals surface area (Å²) in [7, 11) is -1.49. The highest BCUT2D eigenvalue weighted by Crippen LogP contribution is 2.76. The highest BCUT2D eigenvalue weighted by Gasteiger charge is 2.71. The van der Waals surface area contributed by atoms with E-state index in [4.69, 9.17) is 4.74 Å². The Morgan fingerprint density at radius 3 is 2.26 bits per heavy atom. The number of benzene rings is 1. The van der Waals surface area contributed by atoms with Crippen LogP contribution in [0.25, 0.3) is 5.57 Å². The third-order valence-corrected chi connectivity index (χ3v) is 17.9. The highest BCUT2D eigenvalue weighted by atomic mass is 32.2. The van der Waals surface area contributed by atoms with Crippen LogP contribution in [0, 0.1) is 51.2 Å². The smallest absolute Gasteiger partial charge is 0.337 e. The molecule has 5 fully saturated rings. The zero-order valence-electron chi connectivity index (χ0n) is 31.2. The Kier molecular flexibility index (Phi) is 8.99. The van der Waals surface area contributed by atoms with Crippen LogP contribution in [-0.2, 0) is 19.4 Å². The molecule has 1 heterocycles. The maximum absolute atomic E-state index is 12.9. The van der Waals surface area contributed by atoms with Gasteiger partial charge in [-0.2, -0.15) is 0 Å². The number of carboxylic acids is 1. The summed E-state index contributed by atoms with van der Waals surface area (Å²) in [5.74, 6) is 0.797. The van der Waals surface area contributed by atoms with Gasteiger partial charge < -0.3 is 20.1 Å². The van der Waals surface area contributed by atoms with Crippen LogP contribution in [0.15, 0.2) is 30.3 Å². The van der Waals surface area contributed by atoms with Crippen molar-refractivity contribution >= 4 is 27.3 Å². The van der Waals surface area contributed by atoms with Gasteiger partial charge in [-0.05, 0) is 126 Å². The number of aliphatic carboxylic acids is 1. The number of sulfone groups is 1. The van der Waals surface area contributed by atoms with Gasteiger partial charge in [0.15, 0.2) is 9.84 Å². The molecular weight excluding hydrogens is 649 g/mol. The number of nitrogens with one attached hydrogen (secondary N) is 1. The fraction of sp³-hybridized carbons (Fsp3) is 0.756. The van der Waals surface area contributed by atoms with Crippen LogP contribution in [0.1, 0.15) is 108 Å². The maximum atomic E-state index is 12.9. The summed E-state index contributed by atoms with van der Waals surface area (Å²) < 4.78 is 28.9. The number of esters is 1. The fourth-order valence-electron chi connectivity index (χ4n) is 13.6. The van der Waals surface area contributed by atoms with Gasteiger partial charge in [0.1, 0.15) is 0 Å². The molecule has 0 amide bonds. The number of allylic oxidation sites excluding steroid dienone is 2. The molecule has 2 unspecified atom stereocenters. The van der Waals surface area contributed by atoms with Gasteiger partial charge in [-0.1, -0.05) is 52.8 Å². The van der Waals surface area contributed by atoms with Crippen molar-refractivity contribution in [3.8, 4) is 0 Å². The normalized spacial score (nSPS) is 41.9. The second-order valence-corrected chi connectivity index (χ2v) is 20.7. The van der Waals surface area contributed by atoms with E-state index >= 15 is 0 Å². The summed E-state index contributed by atoms with van der Waals surface area (Å²) in [6, 6.07) is 7.94. The molecule has 1 aromatic carbocycles. The van der Waals surface area contributed by atoms with Crippen molar-refractivity contribution in [1.82, 2.24) is 10.2 Å². The highest BCUT2D eigenvalue weighted by molar-refractivity contribution is 7.91. The SMILES string of the molecule is COC(=O)c1ccc(C2=CC[C@@]3(C)[C@@H](CCC4(C)[C@@H]3CC[C@@H]3[C@H]5[C@H](C(=O)O)CCC5(NCCN5CCS(=O)(=O)CC5)CC[C@]34C)C2(C)C)cc1. The Morgan fingerprint density at radius 2 is 1.60 bits per heavy atom. The Hall–Kier alpha value is -2.23. The lowest BCUT2D eigenvalue weighted by Gasteiger charge is -2.72. The molecule has 4 saturated carbocycles. The van der Waals surface area contributed by atoms with Crippen LogP contribution in [0.3, 0.4) is 0 Å². The minimum Gasteiger partial charge on any atom is -0.481 e. The van der Waals surface area contributed by atoms with Gasteiger partial charge in [-0.15, -0.1) is 0 Å². The number of nitrogens with zero attached hydrogens (tertiary/aromatic N) is 1. The molecule has 1 aromatic rings. The molecule has 5 aliphatic carbocycles. The number of hydrogen-bond acceptors (Lipinski definition) is 7. The van der Waals surface area contributed by atoms with Crippen LogP contribution < -0.4 is 5.32 Å². The van der Waals surface area contributed by atoms with Gasteiger partial charge in [-0.25, -0.2) is 13.2 Å². The van der Waals surface area contributed by atoms with E-state index in [0.717, 1.165) is 58.0 Å². The van der Waals surface area contributed by atoms with Gasteiger partial charge >= 0.3 is 11.9 Å². The molecule has 6 aliphatic rings. The molecule has 2 N–H and O–H groups in total. The van der Waals surface area contributed by atoms with Gasteiger partial charge in [-0.3, -0.25) is 4.79 Å². The lowest BCUT2D eigenvalue weighted by atomic mass is 9.33. The second-order valence-electron chi connectivity index (χ2n) is 18.4. The predicted octanol–water partition coefficient (Wildman–Crippen LogP) is 6.71. The van der Waals surface area contributed by atoms with E-state index in [1.165, 1.54) is 31.1 Å². The first-order valence-corrected chi connectivity index (χ1v) is 21.1. The topological polar surface area (TPSA) is 113 Å². The van der Waals surface area contributed by atoms with Crippen LogP contribution in [0.2, 0.25) is 0 Å². The van der Waals surface area contributed by atoms with E-state index in [2.05, 4.69) is 63.0 Å². The number of fused-ring (bicyclic) bond motifs is 7. The van der Waals surface area contributed by atoms with Gasteiger partial charge in [0.2, 0.25) is 0 Å². The van der Waals surface area contributed by atoms with Crippen molar-refractivity contribution in [1.29, 1.82) is 0 Å². The number of carbonyl (C=O) groups excluding carboxylic acids is 1. The lowest BCUT2D eigenvalue weighted by Crippen LogP contribution is -2.68. The summed E-state index contributed by atoms with van der Waals surface area (Å²) in [5.41, 5.74) is 3.31. The van der Waals surface area contributed by atoms with E-state index in [9.17, 15) is 23.1 Å². The number of hydrogen-bond donors (Lipinski definition) is 2. The average Bonchev–Trinajstić information content (AvgIpc) is 3.45. The first kappa shape index (κ1) is 36.1. The minimum absolute atomic E-state index is 0.0249. The van der Waals surface area contributed by atoms with Gasteiger partial charge in [0.05, 0.1) is 30.1 Å². The van der Waals surface area contributed by atoms with Crippen LogP contribution >= 0.6 is 0 Å². The van der Waals surface area contributed by atoms with E-state index in [1.54, 1.807) is 0 Å². The van der Waals surface area contributed by atoms with Crippen molar-refractivity contribution < 1.29 is 27.9 Å². The summed E-state index contributed by atoms with van der Waals surface area (Å²) in [6.07, 6.45) is 11.9. The number of carboxylic acid groups (broad SMARTS) is 1. The number of rotatable bonds is 7. The van der Waals surface area contributed by atoms with Crippen molar-refractivity contribution in [2.75, 3.05) is 44.8 Å². The third kappa shape index (κ3) is 5.45. The predicted molar refractivity (Wildman–Crippen MR) is 196 cm³/mol. The first-order chi connectivity index (χ1) is 23.5. The molecule has 7 rings (SSSR count). The fourth-order valence-corrected chi connectivity index (χ4v) is 14.9. The Morgan fingerprint density at radius 1 is 0.900 bits per heavy atom. The monoisotopic (exact) mass is 708 g/mol. The summed E-state index contributed by atoms with van der Waals surface area (Å²) >= 11 is 0. The van der Waals surface area contributed by atoms with Gasteiger partial charge in [0, 0.05) is 31.7 Å². The van der Waals surface area contributed by atoms with E-state index in [-0.39, 0.29) is 56.5 Å². The molecule has 50 heavy (non-hydrogen) atoms. The molecule has 276 valence electrons. The summed E-state index contributed by atoms with van der Waals surface area (Å²) in [5, 5.41) is 14.6. The molecule has 9 heteroatoms. The molecule has 0 bridgehead atoms. The lowest BCUT2D eigenvalue weighted by molar-refractivity contribution is -0.221. The molecule has 0 aromatic heterocycles. The van der Waals surface area contributed by atoms with E-state index in [1.807, 2.05) is 12.1 Å². The molecule has 0 radical (unpaired) electrons. The quantitative estimate of drug-likeness (QED) is 0.301. The van der Waals surface area contributed by atoms with Crippen LogP contribution in [-0.4, -0.2) is 80.7 Å². The average molecular weight is 709 g/mol. The molecule has 1 aliphatic heterocycles. The van der Waals surface area contributed by atoms with Crippen molar-refractivity contribution in [2.24, 2.45) is 51.2 Å². The van der Waals surface area contributed by atoms with Gasteiger partial charge in [0.25, 0.3) is 0 Å². The van der Waals surface area contributed by atoms with E-state index in [0.29, 0.717) is 36.4 Å². The van der Waals surface area contributed by atoms with Crippen molar-refractivity contribution in [3.63, 3.8) is 0 Å². The largest absolute Gasteiger partial charge is 0.481 e. The zero-order valence-corrected chi connectivity index (χ0v) is 32.0. The summed E-state index contributed by atoms with van der Waals surface area (Å²) in [6.45, 7) is 15.4. The Balaban J connectivity index is 1.14. The number of ether oxygens (including phenoxy) is 1. The first-order valence-electron chi connectivity index (χ1n) is 19.3. The molecule has 0 spiro atoms. The summed E-state index contributed by atoms with van der Waals surface area (Å²) in [4.78, 5) is 27.3. The second kappa shape index (κ2) is 12.4. The van der Waals surface area contributed by atoms with Crippen LogP contribution in [0.5, 0.6) is 0 Å². The standard InChI is InChI=1S/C41H60N2O6S/c1-37(2)30(27-7-9-28(10-8-27)36(46)49-6)14-16-38(3)32(37)15-17-40(5)33(38)12-11-31-34-29(35(44)45)13-18-41(34,20-19-39(31,40)4)42-21-22-43-23-25-50(47,48)26-24-43/h7-10,14,29,31-34,42H,11-13,15-26H2,1-6H3,(H,44,45)/t29-,31-,32+,33-,34-,38+,39-,40?,41?/m1/s1. The third-order valence-electron chi connectivity index (χ3n) is 16.3. The number of carbonyl (C=O) groups is 2. The minimum atomic E-state index is -2.91. The van der Waals surface area contributed by atoms with E-state index < -0.39 is 15.8 Å². The van der Waals surface area contributed by atoms with Crippen LogP contribution in [0.4, 0.5) is 0 Å². The Bertz CT molecular complexity index is 1640. The molecular formula is C41H60N2O6S. The van der Waals surface area contributed by atoms with Crippen molar-refractivity contribution in [3.05, 3.63) is 41.5 Å². The molecule has 1 saturated heterocycles. The Labute approximate surface area is 300 Å². The molecule has 9 atom stereocenters. The number of methoxy groups -OCH3 is 1.